The molecule has 0 bridgehead atoms. The highest BCUT2D eigenvalue weighted by molar-refractivity contribution is 9.10. The highest BCUT2D eigenvalue weighted by Gasteiger charge is 2.06. The van der Waals surface area contributed by atoms with E-state index in [2.05, 4.69) is 31.9 Å². The fourth-order valence-electron chi connectivity index (χ4n) is 1.55. The molecular weight excluding hydrogens is 407 g/mol. The van der Waals surface area contributed by atoms with Crippen LogP contribution in [-0.4, -0.2) is 11.1 Å². The van der Waals surface area contributed by atoms with E-state index in [1.807, 2.05) is 0 Å². The van der Waals surface area contributed by atoms with E-state index in [-0.39, 0.29) is 0 Å². The molecule has 0 amide bonds. The molecule has 3 nitrogen and oxygen atoms in total. The van der Waals surface area contributed by atoms with Gasteiger partial charge < -0.3 is 9.84 Å². The quantitative estimate of drug-likeness (QED) is 0.694. The van der Waals surface area contributed by atoms with Crippen molar-refractivity contribution in [1.29, 1.82) is 0 Å². The maximum absolute atomic E-state index is 13.2. The van der Waals surface area contributed by atoms with E-state index >= 15 is 0 Å². The number of benzene rings is 2. The summed E-state index contributed by atoms with van der Waals surface area (Å²) >= 11 is 6.62. The highest BCUT2D eigenvalue weighted by Crippen LogP contribution is 2.32. The minimum Gasteiger partial charge on any atom is -0.478 e. The molecule has 0 aliphatic carbocycles. The molecule has 0 aliphatic heterocycles. The molecule has 1 N–H and O–H groups in total. The largest absolute Gasteiger partial charge is 0.478 e. The first kappa shape index (κ1) is 15.7. The molecule has 0 atom stereocenters. The fraction of sp³-hybridized carbons (Fsp3) is 0. The van der Waals surface area contributed by atoms with E-state index in [4.69, 9.17) is 9.84 Å². The monoisotopic (exact) mass is 414 g/mol. The smallest absolute Gasteiger partial charge is 0.328 e. The summed E-state index contributed by atoms with van der Waals surface area (Å²) < 4.78 is 20.1. The summed E-state index contributed by atoms with van der Waals surface area (Å²) in [5.74, 6) is -0.560. The first-order valence-electron chi connectivity index (χ1n) is 5.79. The van der Waals surface area contributed by atoms with Crippen molar-refractivity contribution in [3.63, 3.8) is 0 Å². The van der Waals surface area contributed by atoms with Gasteiger partial charge in [-0.2, -0.15) is 0 Å². The van der Waals surface area contributed by atoms with Gasteiger partial charge in [0, 0.05) is 16.6 Å². The van der Waals surface area contributed by atoms with Crippen LogP contribution in [-0.2, 0) is 4.79 Å². The van der Waals surface area contributed by atoms with Crippen LogP contribution in [0.1, 0.15) is 5.56 Å². The predicted octanol–water partition coefficient (Wildman–Crippen LogP) is 5.24. The number of halogens is 3. The summed E-state index contributed by atoms with van der Waals surface area (Å²) in [6.45, 7) is 0. The summed E-state index contributed by atoms with van der Waals surface area (Å²) in [5, 5.41) is 8.60. The topological polar surface area (TPSA) is 46.5 Å². The maximum atomic E-state index is 13.2. The first-order chi connectivity index (χ1) is 9.95. The SMILES string of the molecule is O=C(O)/C=C/c1ccc(Oc2cc(F)ccc2Br)cc1Br. The molecule has 0 saturated heterocycles. The molecule has 0 saturated carbocycles. The van der Waals surface area contributed by atoms with Gasteiger partial charge in [-0.25, -0.2) is 9.18 Å². The molecule has 0 fully saturated rings. The van der Waals surface area contributed by atoms with E-state index < -0.39 is 11.8 Å². The highest BCUT2D eigenvalue weighted by atomic mass is 79.9. The normalized spacial score (nSPS) is 10.8. The van der Waals surface area contributed by atoms with Crippen LogP contribution >= 0.6 is 31.9 Å². The van der Waals surface area contributed by atoms with Gasteiger partial charge in [-0.1, -0.05) is 22.0 Å². The predicted molar refractivity (Wildman–Crippen MR) is 85.0 cm³/mol. The third kappa shape index (κ3) is 4.41. The van der Waals surface area contributed by atoms with E-state index in [1.165, 1.54) is 18.2 Å². The number of carbonyl (C=O) groups is 1. The van der Waals surface area contributed by atoms with E-state index in [1.54, 1.807) is 24.3 Å². The zero-order valence-corrected chi connectivity index (χ0v) is 13.7. The molecule has 2 aromatic carbocycles. The molecule has 2 rings (SSSR count). The Bertz CT molecular complexity index is 714. The number of aliphatic carboxylic acids is 1. The molecule has 0 spiro atoms. The van der Waals surface area contributed by atoms with Crippen LogP contribution in [0.15, 0.2) is 51.4 Å². The lowest BCUT2D eigenvalue weighted by atomic mass is 10.2. The minimum absolute atomic E-state index is 0.357. The van der Waals surface area contributed by atoms with Crippen LogP contribution in [0.25, 0.3) is 6.08 Å². The van der Waals surface area contributed by atoms with Crippen LogP contribution in [0.5, 0.6) is 11.5 Å². The lowest BCUT2D eigenvalue weighted by Crippen LogP contribution is -1.89. The van der Waals surface area contributed by atoms with Crippen LogP contribution < -0.4 is 4.74 Å². The summed E-state index contributed by atoms with van der Waals surface area (Å²) in [4.78, 5) is 10.5. The van der Waals surface area contributed by atoms with Gasteiger partial charge in [0.1, 0.15) is 17.3 Å². The maximum Gasteiger partial charge on any atom is 0.328 e. The lowest BCUT2D eigenvalue weighted by Gasteiger charge is -2.09. The second kappa shape index (κ2) is 6.87. The Kier molecular flexibility index (Phi) is 5.14. The van der Waals surface area contributed by atoms with E-state index in [9.17, 15) is 9.18 Å². The van der Waals surface area contributed by atoms with Crippen molar-refractivity contribution in [2.24, 2.45) is 0 Å². The van der Waals surface area contributed by atoms with Crippen molar-refractivity contribution in [3.05, 3.63) is 62.8 Å². The molecule has 108 valence electrons. The fourth-order valence-corrected chi connectivity index (χ4v) is 2.37. The molecule has 0 unspecified atom stereocenters. The van der Waals surface area contributed by atoms with Gasteiger partial charge in [0.05, 0.1) is 4.47 Å². The second-order valence-electron chi connectivity index (χ2n) is 4.03. The molecule has 2 aromatic rings. The minimum atomic E-state index is -1.02. The number of carboxylic acids is 1. The van der Waals surface area contributed by atoms with Crippen molar-refractivity contribution in [2.45, 2.75) is 0 Å². The zero-order chi connectivity index (χ0) is 15.4. The van der Waals surface area contributed by atoms with Crippen molar-refractivity contribution in [3.8, 4) is 11.5 Å². The van der Waals surface area contributed by atoms with Gasteiger partial charge in [-0.05, 0) is 51.8 Å². The standard InChI is InChI=1S/C15H9Br2FO3/c16-12-5-3-10(18)7-14(12)21-11-4-1-9(13(17)8-11)2-6-15(19)20/h1-8H,(H,19,20)/b6-2+. The van der Waals surface area contributed by atoms with Gasteiger partial charge in [-0.3, -0.25) is 0 Å². The number of carboxylic acid groups (broad SMARTS) is 1. The van der Waals surface area contributed by atoms with E-state index in [0.29, 0.717) is 26.0 Å². The summed E-state index contributed by atoms with van der Waals surface area (Å²) in [6.07, 6.45) is 2.51. The Hall–Kier alpha value is -1.66. The van der Waals surface area contributed by atoms with Crippen molar-refractivity contribution < 1.29 is 19.0 Å². The van der Waals surface area contributed by atoms with Crippen LogP contribution in [0.2, 0.25) is 0 Å². The zero-order valence-electron chi connectivity index (χ0n) is 10.5. The Labute approximate surface area is 137 Å². The third-order valence-corrected chi connectivity index (χ3v) is 3.84. The summed E-state index contributed by atoms with van der Waals surface area (Å²) in [6, 6.07) is 9.21. The number of ether oxygens (including phenoxy) is 1. The van der Waals surface area contributed by atoms with Gasteiger partial charge in [0.25, 0.3) is 0 Å². The van der Waals surface area contributed by atoms with E-state index in [0.717, 1.165) is 6.08 Å². The van der Waals surface area contributed by atoms with Crippen LogP contribution in [0.3, 0.4) is 0 Å². The Morgan fingerprint density at radius 3 is 2.57 bits per heavy atom. The number of hydrogen-bond donors (Lipinski definition) is 1. The molecule has 0 radical (unpaired) electrons. The Balaban J connectivity index is 2.24. The molecule has 0 aromatic heterocycles. The number of hydrogen-bond acceptors (Lipinski definition) is 2. The second-order valence-corrected chi connectivity index (χ2v) is 5.74. The first-order valence-corrected chi connectivity index (χ1v) is 7.38. The average Bonchev–Trinajstić information content (AvgIpc) is 2.42. The van der Waals surface area contributed by atoms with Crippen molar-refractivity contribution in [2.75, 3.05) is 0 Å². The van der Waals surface area contributed by atoms with Gasteiger partial charge >= 0.3 is 5.97 Å². The van der Waals surface area contributed by atoms with Crippen molar-refractivity contribution in [1.82, 2.24) is 0 Å². The van der Waals surface area contributed by atoms with Gasteiger partial charge in [0.2, 0.25) is 0 Å². The lowest BCUT2D eigenvalue weighted by molar-refractivity contribution is -0.131. The van der Waals surface area contributed by atoms with Crippen molar-refractivity contribution >= 4 is 43.9 Å². The van der Waals surface area contributed by atoms with Crippen LogP contribution in [0, 0.1) is 5.82 Å². The average molecular weight is 416 g/mol. The molecule has 6 heteroatoms. The van der Waals surface area contributed by atoms with Crippen LogP contribution in [0.4, 0.5) is 4.39 Å². The summed E-state index contributed by atoms with van der Waals surface area (Å²) in [5.41, 5.74) is 0.697. The van der Waals surface area contributed by atoms with Gasteiger partial charge in [0.15, 0.2) is 0 Å². The molecule has 0 aliphatic rings. The molecular formula is C15H9Br2FO3. The Morgan fingerprint density at radius 1 is 1.14 bits per heavy atom. The summed E-state index contributed by atoms with van der Waals surface area (Å²) in [7, 11) is 0. The molecule has 21 heavy (non-hydrogen) atoms. The Morgan fingerprint density at radius 2 is 1.90 bits per heavy atom. The number of rotatable bonds is 4. The molecule has 0 heterocycles. The van der Waals surface area contributed by atoms with Gasteiger partial charge in [-0.15, -0.1) is 0 Å². The third-order valence-electron chi connectivity index (χ3n) is 2.50.